The summed E-state index contributed by atoms with van der Waals surface area (Å²) in [6, 6.07) is 8.40. The molecule has 1 aliphatic heterocycles. The molecule has 1 aliphatic rings. The van der Waals surface area contributed by atoms with Crippen molar-refractivity contribution in [2.75, 3.05) is 6.79 Å². The maximum Gasteiger partial charge on any atom is 0.231 e. The summed E-state index contributed by atoms with van der Waals surface area (Å²) in [4.78, 5) is 0. The van der Waals surface area contributed by atoms with Crippen LogP contribution in [0.3, 0.4) is 0 Å². The fourth-order valence-electron chi connectivity index (χ4n) is 1.83. The molecule has 0 aromatic heterocycles. The van der Waals surface area contributed by atoms with Gasteiger partial charge in [-0.05, 0) is 29.8 Å². The van der Waals surface area contributed by atoms with E-state index in [0.29, 0.717) is 22.8 Å². The third kappa shape index (κ3) is 2.59. The number of fused-ring (bicyclic) bond motifs is 1. The molecular formula is C14H10F2O3. The molecule has 0 amide bonds. The summed E-state index contributed by atoms with van der Waals surface area (Å²) in [6.45, 7) is 0.266. The second-order valence-electron chi connectivity index (χ2n) is 4.08. The van der Waals surface area contributed by atoms with Gasteiger partial charge in [-0.2, -0.15) is 0 Å². The van der Waals surface area contributed by atoms with Gasteiger partial charge in [-0.3, -0.25) is 0 Å². The van der Waals surface area contributed by atoms with Crippen LogP contribution in [0.1, 0.15) is 5.56 Å². The monoisotopic (exact) mass is 264 g/mol. The van der Waals surface area contributed by atoms with Gasteiger partial charge in [-0.1, -0.05) is 0 Å². The van der Waals surface area contributed by atoms with Gasteiger partial charge in [-0.15, -0.1) is 0 Å². The Morgan fingerprint density at radius 1 is 0.947 bits per heavy atom. The van der Waals surface area contributed by atoms with Gasteiger partial charge in [0.1, 0.15) is 24.0 Å². The summed E-state index contributed by atoms with van der Waals surface area (Å²) in [5.41, 5.74) is 0.426. The van der Waals surface area contributed by atoms with Gasteiger partial charge in [0.2, 0.25) is 6.79 Å². The van der Waals surface area contributed by atoms with Crippen LogP contribution in [0.4, 0.5) is 8.78 Å². The van der Waals surface area contributed by atoms with Gasteiger partial charge in [0.25, 0.3) is 0 Å². The minimum absolute atomic E-state index is 0.0777. The van der Waals surface area contributed by atoms with Crippen LogP contribution < -0.4 is 14.2 Å². The van der Waals surface area contributed by atoms with Crippen LogP contribution in [0.15, 0.2) is 36.4 Å². The SMILES string of the molecule is Fc1cc(F)cc(COc2ccc3c(c2)OCO3)c1. The normalized spacial score (nSPS) is 12.5. The number of hydrogen-bond donors (Lipinski definition) is 0. The highest BCUT2D eigenvalue weighted by atomic mass is 19.1. The molecule has 0 N–H and O–H groups in total. The Morgan fingerprint density at radius 3 is 2.47 bits per heavy atom. The molecule has 0 atom stereocenters. The molecule has 3 rings (SSSR count). The van der Waals surface area contributed by atoms with Gasteiger partial charge < -0.3 is 14.2 Å². The van der Waals surface area contributed by atoms with Gasteiger partial charge in [0.15, 0.2) is 11.5 Å². The number of hydrogen-bond acceptors (Lipinski definition) is 3. The van der Waals surface area contributed by atoms with E-state index < -0.39 is 11.6 Å². The van der Waals surface area contributed by atoms with Crippen molar-refractivity contribution in [3.8, 4) is 17.2 Å². The first-order valence-corrected chi connectivity index (χ1v) is 5.68. The Hall–Kier alpha value is -2.30. The predicted octanol–water partition coefficient (Wildman–Crippen LogP) is 3.27. The van der Waals surface area contributed by atoms with Crippen molar-refractivity contribution < 1.29 is 23.0 Å². The molecule has 0 spiro atoms. The molecule has 0 radical (unpaired) electrons. The lowest BCUT2D eigenvalue weighted by Gasteiger charge is -2.07. The lowest BCUT2D eigenvalue weighted by Crippen LogP contribution is -1.97. The lowest BCUT2D eigenvalue weighted by atomic mass is 10.2. The molecular weight excluding hydrogens is 254 g/mol. The summed E-state index contributed by atoms with van der Waals surface area (Å²) in [6.07, 6.45) is 0. The van der Waals surface area contributed by atoms with Gasteiger partial charge >= 0.3 is 0 Å². The molecule has 0 saturated heterocycles. The van der Waals surface area contributed by atoms with Crippen LogP contribution in [0.5, 0.6) is 17.2 Å². The first kappa shape index (κ1) is 11.8. The number of ether oxygens (including phenoxy) is 3. The molecule has 3 nitrogen and oxygen atoms in total. The molecule has 0 fully saturated rings. The first-order chi connectivity index (χ1) is 9.20. The summed E-state index contributed by atoms with van der Waals surface area (Å²) in [5.74, 6) is 0.564. The van der Waals surface area contributed by atoms with Crippen LogP contribution in [0, 0.1) is 11.6 Å². The highest BCUT2D eigenvalue weighted by Crippen LogP contribution is 2.35. The maximum atomic E-state index is 13.0. The van der Waals surface area contributed by atoms with E-state index in [-0.39, 0.29) is 13.4 Å². The molecule has 98 valence electrons. The van der Waals surface area contributed by atoms with Crippen LogP contribution in [0.2, 0.25) is 0 Å². The topological polar surface area (TPSA) is 27.7 Å². The van der Waals surface area contributed by atoms with E-state index in [1.807, 2.05) is 0 Å². The van der Waals surface area contributed by atoms with Gasteiger partial charge in [0.05, 0.1) is 0 Å². The second kappa shape index (κ2) is 4.76. The summed E-state index contributed by atoms with van der Waals surface area (Å²) in [7, 11) is 0. The molecule has 0 saturated carbocycles. The predicted molar refractivity (Wildman–Crippen MR) is 63.3 cm³/mol. The Labute approximate surface area is 108 Å². The molecule has 0 aliphatic carbocycles. The fourth-order valence-corrected chi connectivity index (χ4v) is 1.83. The minimum atomic E-state index is -0.621. The third-order valence-corrected chi connectivity index (χ3v) is 2.67. The molecule has 19 heavy (non-hydrogen) atoms. The molecule has 1 heterocycles. The zero-order chi connectivity index (χ0) is 13.2. The van der Waals surface area contributed by atoms with E-state index >= 15 is 0 Å². The lowest BCUT2D eigenvalue weighted by molar-refractivity contribution is 0.173. The van der Waals surface area contributed by atoms with E-state index in [9.17, 15) is 8.78 Å². The van der Waals surface area contributed by atoms with Crippen molar-refractivity contribution in [2.24, 2.45) is 0 Å². The summed E-state index contributed by atoms with van der Waals surface area (Å²) < 4.78 is 41.8. The van der Waals surface area contributed by atoms with Crippen molar-refractivity contribution in [1.29, 1.82) is 0 Å². The Balaban J connectivity index is 1.72. The highest BCUT2D eigenvalue weighted by Gasteiger charge is 2.13. The van der Waals surface area contributed by atoms with Crippen molar-refractivity contribution >= 4 is 0 Å². The van der Waals surface area contributed by atoms with Crippen molar-refractivity contribution in [1.82, 2.24) is 0 Å². The highest BCUT2D eigenvalue weighted by molar-refractivity contribution is 5.46. The zero-order valence-electron chi connectivity index (χ0n) is 9.86. The quantitative estimate of drug-likeness (QED) is 0.851. The van der Waals surface area contributed by atoms with Crippen LogP contribution >= 0.6 is 0 Å². The molecule has 0 unspecified atom stereocenters. The fraction of sp³-hybridized carbons (Fsp3) is 0.143. The van der Waals surface area contributed by atoms with E-state index in [1.54, 1.807) is 18.2 Å². The van der Waals surface area contributed by atoms with E-state index in [4.69, 9.17) is 14.2 Å². The Kier molecular flexibility index (Phi) is 2.95. The van der Waals surface area contributed by atoms with E-state index in [2.05, 4.69) is 0 Å². The second-order valence-corrected chi connectivity index (χ2v) is 4.08. The zero-order valence-corrected chi connectivity index (χ0v) is 9.86. The first-order valence-electron chi connectivity index (χ1n) is 5.68. The largest absolute Gasteiger partial charge is 0.489 e. The average molecular weight is 264 g/mol. The van der Waals surface area contributed by atoms with Crippen molar-refractivity contribution in [3.05, 3.63) is 53.6 Å². The van der Waals surface area contributed by atoms with Crippen molar-refractivity contribution in [3.63, 3.8) is 0 Å². The van der Waals surface area contributed by atoms with Crippen LogP contribution in [-0.4, -0.2) is 6.79 Å². The summed E-state index contributed by atoms with van der Waals surface area (Å²) >= 11 is 0. The van der Waals surface area contributed by atoms with E-state index in [0.717, 1.165) is 6.07 Å². The summed E-state index contributed by atoms with van der Waals surface area (Å²) in [5, 5.41) is 0. The number of rotatable bonds is 3. The third-order valence-electron chi connectivity index (χ3n) is 2.67. The minimum Gasteiger partial charge on any atom is -0.489 e. The van der Waals surface area contributed by atoms with Gasteiger partial charge in [0, 0.05) is 12.1 Å². The molecule has 0 bridgehead atoms. The smallest absolute Gasteiger partial charge is 0.231 e. The van der Waals surface area contributed by atoms with Gasteiger partial charge in [-0.25, -0.2) is 8.78 Å². The Bertz CT molecular complexity index is 593. The average Bonchev–Trinajstić information content (AvgIpc) is 2.82. The van der Waals surface area contributed by atoms with Crippen molar-refractivity contribution in [2.45, 2.75) is 6.61 Å². The molecule has 5 heteroatoms. The number of halogens is 2. The molecule has 2 aromatic carbocycles. The Morgan fingerprint density at radius 2 is 1.68 bits per heavy atom. The van der Waals surface area contributed by atoms with E-state index in [1.165, 1.54) is 12.1 Å². The standard InChI is InChI=1S/C14H10F2O3/c15-10-3-9(4-11(16)5-10)7-17-12-1-2-13-14(6-12)19-8-18-13/h1-6H,7-8H2. The number of benzene rings is 2. The van der Waals surface area contributed by atoms with Crippen LogP contribution in [-0.2, 0) is 6.61 Å². The maximum absolute atomic E-state index is 13.0. The molecule has 2 aromatic rings. The van der Waals surface area contributed by atoms with Crippen LogP contribution in [0.25, 0.3) is 0 Å².